The van der Waals surface area contributed by atoms with Crippen molar-refractivity contribution in [2.75, 3.05) is 19.8 Å². The first-order valence-corrected chi connectivity index (χ1v) is 4.31. The molecule has 13 heavy (non-hydrogen) atoms. The van der Waals surface area contributed by atoms with Crippen LogP contribution in [0, 0.1) is 0 Å². The van der Waals surface area contributed by atoms with E-state index in [1.165, 1.54) is 11.8 Å². The molecule has 1 atom stereocenters. The SMILES string of the molecule is CCN1CN(C(=O)[C@H](C)O)CC1=O. The van der Waals surface area contributed by atoms with Gasteiger partial charge in [0.15, 0.2) is 0 Å². The van der Waals surface area contributed by atoms with Gasteiger partial charge >= 0.3 is 0 Å². The van der Waals surface area contributed by atoms with Crippen molar-refractivity contribution < 1.29 is 14.7 Å². The summed E-state index contributed by atoms with van der Waals surface area (Å²) in [4.78, 5) is 25.4. The number of rotatable bonds is 2. The van der Waals surface area contributed by atoms with Gasteiger partial charge in [0, 0.05) is 6.54 Å². The monoisotopic (exact) mass is 186 g/mol. The maximum atomic E-state index is 11.2. The van der Waals surface area contributed by atoms with E-state index in [9.17, 15) is 9.59 Å². The first kappa shape index (κ1) is 9.98. The summed E-state index contributed by atoms with van der Waals surface area (Å²) in [7, 11) is 0. The molecule has 74 valence electrons. The van der Waals surface area contributed by atoms with E-state index >= 15 is 0 Å². The molecule has 0 saturated carbocycles. The Bertz CT molecular complexity index is 227. The fraction of sp³-hybridized carbons (Fsp3) is 0.750. The van der Waals surface area contributed by atoms with E-state index in [1.54, 1.807) is 4.90 Å². The number of carbonyl (C=O) groups is 2. The quantitative estimate of drug-likeness (QED) is 0.602. The second-order valence-corrected chi connectivity index (χ2v) is 3.10. The Kier molecular flexibility index (Phi) is 2.87. The summed E-state index contributed by atoms with van der Waals surface area (Å²) in [6, 6.07) is 0. The summed E-state index contributed by atoms with van der Waals surface area (Å²) in [6.45, 7) is 4.26. The van der Waals surface area contributed by atoms with Crippen LogP contribution in [0.4, 0.5) is 0 Å². The minimum atomic E-state index is -1.02. The Morgan fingerprint density at radius 3 is 2.69 bits per heavy atom. The van der Waals surface area contributed by atoms with E-state index in [0.717, 1.165) is 0 Å². The van der Waals surface area contributed by atoms with Gasteiger partial charge in [0.05, 0.1) is 6.67 Å². The molecular weight excluding hydrogens is 172 g/mol. The van der Waals surface area contributed by atoms with Crippen LogP contribution in [-0.4, -0.2) is 52.6 Å². The highest BCUT2D eigenvalue weighted by molar-refractivity contribution is 5.89. The molecule has 1 N–H and O–H groups in total. The van der Waals surface area contributed by atoms with E-state index in [-0.39, 0.29) is 18.4 Å². The van der Waals surface area contributed by atoms with Crippen molar-refractivity contribution in [1.29, 1.82) is 0 Å². The lowest BCUT2D eigenvalue weighted by atomic mass is 10.3. The molecule has 0 unspecified atom stereocenters. The summed E-state index contributed by atoms with van der Waals surface area (Å²) >= 11 is 0. The molecule has 0 aromatic rings. The van der Waals surface area contributed by atoms with Crippen molar-refractivity contribution in [3.63, 3.8) is 0 Å². The molecule has 0 aliphatic carbocycles. The lowest BCUT2D eigenvalue weighted by Crippen LogP contribution is -2.37. The topological polar surface area (TPSA) is 60.9 Å². The maximum absolute atomic E-state index is 11.2. The molecule has 1 heterocycles. The fourth-order valence-corrected chi connectivity index (χ4v) is 1.29. The highest BCUT2D eigenvalue weighted by Crippen LogP contribution is 2.07. The number of hydrogen-bond donors (Lipinski definition) is 1. The zero-order valence-corrected chi connectivity index (χ0v) is 7.86. The van der Waals surface area contributed by atoms with E-state index in [0.29, 0.717) is 13.2 Å². The summed E-state index contributed by atoms with van der Waals surface area (Å²) < 4.78 is 0. The lowest BCUT2D eigenvalue weighted by Gasteiger charge is -2.17. The second kappa shape index (κ2) is 3.74. The van der Waals surface area contributed by atoms with E-state index in [1.807, 2.05) is 6.92 Å². The number of likely N-dealkylation sites (N-methyl/N-ethyl adjacent to an activating group) is 1. The molecule has 1 rings (SSSR count). The Morgan fingerprint density at radius 1 is 1.69 bits per heavy atom. The molecule has 1 aliphatic rings. The van der Waals surface area contributed by atoms with Gasteiger partial charge in [-0.3, -0.25) is 9.59 Å². The van der Waals surface area contributed by atoms with Crippen LogP contribution in [0.1, 0.15) is 13.8 Å². The highest BCUT2D eigenvalue weighted by Gasteiger charge is 2.31. The number of hydrogen-bond acceptors (Lipinski definition) is 3. The van der Waals surface area contributed by atoms with Crippen LogP contribution in [0.5, 0.6) is 0 Å². The summed E-state index contributed by atoms with van der Waals surface area (Å²) in [5.74, 6) is -0.444. The van der Waals surface area contributed by atoms with Crippen LogP contribution in [0.2, 0.25) is 0 Å². The van der Waals surface area contributed by atoms with Crippen LogP contribution in [0.15, 0.2) is 0 Å². The van der Waals surface area contributed by atoms with Gasteiger partial charge in [-0.1, -0.05) is 0 Å². The average molecular weight is 186 g/mol. The summed E-state index contributed by atoms with van der Waals surface area (Å²) in [5.41, 5.74) is 0. The maximum Gasteiger partial charge on any atom is 0.253 e. The Morgan fingerprint density at radius 2 is 2.31 bits per heavy atom. The van der Waals surface area contributed by atoms with E-state index in [2.05, 4.69) is 0 Å². The van der Waals surface area contributed by atoms with Crippen molar-refractivity contribution in [3.05, 3.63) is 0 Å². The van der Waals surface area contributed by atoms with Crippen molar-refractivity contribution >= 4 is 11.8 Å². The highest BCUT2D eigenvalue weighted by atomic mass is 16.3. The standard InChI is InChI=1S/C8H14N2O3/c1-3-9-5-10(4-7(9)12)8(13)6(2)11/h6,11H,3-5H2,1-2H3/t6-/m0/s1. The van der Waals surface area contributed by atoms with Gasteiger partial charge in [0.25, 0.3) is 5.91 Å². The third-order valence-electron chi connectivity index (χ3n) is 2.07. The molecule has 1 aliphatic heterocycles. The first-order valence-electron chi connectivity index (χ1n) is 4.31. The normalized spacial score (nSPS) is 19.5. The van der Waals surface area contributed by atoms with Gasteiger partial charge in [-0.05, 0) is 13.8 Å². The van der Waals surface area contributed by atoms with Gasteiger partial charge in [-0.2, -0.15) is 0 Å². The molecular formula is C8H14N2O3. The predicted molar refractivity (Wildman–Crippen MR) is 45.6 cm³/mol. The fourth-order valence-electron chi connectivity index (χ4n) is 1.29. The van der Waals surface area contributed by atoms with Crippen LogP contribution >= 0.6 is 0 Å². The van der Waals surface area contributed by atoms with Crippen molar-refractivity contribution in [2.24, 2.45) is 0 Å². The van der Waals surface area contributed by atoms with Gasteiger partial charge < -0.3 is 14.9 Å². The van der Waals surface area contributed by atoms with Gasteiger partial charge in [-0.25, -0.2) is 0 Å². The smallest absolute Gasteiger partial charge is 0.253 e. The van der Waals surface area contributed by atoms with Crippen LogP contribution in [-0.2, 0) is 9.59 Å². The molecule has 0 aromatic carbocycles. The van der Waals surface area contributed by atoms with Crippen molar-refractivity contribution in [3.8, 4) is 0 Å². The molecule has 5 heteroatoms. The van der Waals surface area contributed by atoms with Crippen LogP contribution in [0.25, 0.3) is 0 Å². The number of aliphatic hydroxyl groups excluding tert-OH is 1. The first-order chi connectivity index (χ1) is 6.06. The van der Waals surface area contributed by atoms with Gasteiger partial charge in [-0.15, -0.1) is 0 Å². The summed E-state index contributed by atoms with van der Waals surface area (Å²) in [6.07, 6.45) is -1.02. The van der Waals surface area contributed by atoms with Gasteiger partial charge in [0.1, 0.15) is 12.6 Å². The predicted octanol–water partition coefficient (Wildman–Crippen LogP) is -0.985. The Labute approximate surface area is 76.9 Å². The van der Waals surface area contributed by atoms with Crippen LogP contribution in [0.3, 0.4) is 0 Å². The van der Waals surface area contributed by atoms with Crippen molar-refractivity contribution in [1.82, 2.24) is 9.80 Å². The third-order valence-corrected chi connectivity index (χ3v) is 2.07. The number of aliphatic hydroxyl groups is 1. The number of amides is 2. The van der Waals surface area contributed by atoms with Gasteiger partial charge in [0.2, 0.25) is 5.91 Å². The molecule has 5 nitrogen and oxygen atoms in total. The summed E-state index contributed by atoms with van der Waals surface area (Å²) in [5, 5.41) is 9.01. The molecule has 0 aromatic heterocycles. The zero-order chi connectivity index (χ0) is 10.0. The number of carbonyl (C=O) groups excluding carboxylic acids is 2. The van der Waals surface area contributed by atoms with E-state index in [4.69, 9.17) is 5.11 Å². The van der Waals surface area contributed by atoms with Crippen LogP contribution < -0.4 is 0 Å². The molecule has 1 saturated heterocycles. The molecule has 0 bridgehead atoms. The second-order valence-electron chi connectivity index (χ2n) is 3.10. The Hall–Kier alpha value is -1.10. The molecule has 0 radical (unpaired) electrons. The molecule has 1 fully saturated rings. The minimum absolute atomic E-state index is 0.0588. The number of nitrogens with zero attached hydrogens (tertiary/aromatic N) is 2. The van der Waals surface area contributed by atoms with E-state index < -0.39 is 6.10 Å². The average Bonchev–Trinajstić information content (AvgIpc) is 2.45. The molecule has 0 spiro atoms. The van der Waals surface area contributed by atoms with Crippen molar-refractivity contribution in [2.45, 2.75) is 20.0 Å². The minimum Gasteiger partial charge on any atom is -0.384 e. The lowest BCUT2D eigenvalue weighted by molar-refractivity contribution is -0.139. The Balaban J connectivity index is 2.58. The molecule has 2 amide bonds. The third kappa shape index (κ3) is 1.98. The zero-order valence-electron chi connectivity index (χ0n) is 7.86. The largest absolute Gasteiger partial charge is 0.384 e.